The van der Waals surface area contributed by atoms with Crippen LogP contribution in [0.3, 0.4) is 0 Å². The first-order chi connectivity index (χ1) is 36.9. The third-order valence-corrected chi connectivity index (χ3v) is 12.9. The zero-order valence-electron chi connectivity index (χ0n) is 41.5. The summed E-state index contributed by atoms with van der Waals surface area (Å²) in [7, 11) is 3.98. The molecule has 2 N–H and O–H groups in total. The van der Waals surface area contributed by atoms with Gasteiger partial charge in [-0.25, -0.2) is 19.0 Å². The SMILES string of the molecule is Brc1cnc2cccnn12.C#Cc1cncc(C(=O)Nc2ccc(CN3CCN(C)CC3)c(C(F)(F)F)c2)c1.CN1CCN(Cc2ccc(NC(=O)c3cncc(C#Cc4cnc5cccnn45)c3)cc2C(F)(F)F)CC1. The number of hydrogen-bond donors (Lipinski definition) is 2. The molecule has 2 amide bonds. The van der Waals surface area contributed by atoms with E-state index in [9.17, 15) is 35.9 Å². The number of pyridine rings is 2. The van der Waals surface area contributed by atoms with Gasteiger partial charge in [-0.2, -0.15) is 36.5 Å². The van der Waals surface area contributed by atoms with Crippen molar-refractivity contribution in [2.75, 3.05) is 77.1 Å². The van der Waals surface area contributed by atoms with E-state index in [1.54, 1.807) is 46.0 Å². The topological polar surface area (TPSA) is 157 Å². The van der Waals surface area contributed by atoms with Crippen LogP contribution >= 0.6 is 15.9 Å². The van der Waals surface area contributed by atoms with E-state index in [1.165, 1.54) is 61.2 Å². The maximum Gasteiger partial charge on any atom is 0.416 e. The lowest BCUT2D eigenvalue weighted by Crippen LogP contribution is -2.44. The summed E-state index contributed by atoms with van der Waals surface area (Å²) in [5, 5.41) is 13.3. The Kier molecular flexibility index (Phi) is 17.7. The normalized spacial score (nSPS) is 14.5. The van der Waals surface area contributed by atoms with Crippen molar-refractivity contribution in [3.8, 4) is 24.2 Å². The maximum absolute atomic E-state index is 13.9. The molecular formula is C54H49BrF6N14O2. The van der Waals surface area contributed by atoms with E-state index in [4.69, 9.17) is 6.42 Å². The van der Waals surface area contributed by atoms with E-state index in [2.05, 4.69) is 84.3 Å². The maximum atomic E-state index is 13.9. The molecule has 0 spiro atoms. The van der Waals surface area contributed by atoms with Gasteiger partial charge in [0.25, 0.3) is 11.8 Å². The average Bonchev–Trinajstić information content (AvgIpc) is 4.03. The van der Waals surface area contributed by atoms with Crippen LogP contribution < -0.4 is 10.6 Å². The van der Waals surface area contributed by atoms with E-state index in [0.717, 1.165) is 48.6 Å². The Morgan fingerprint density at radius 1 is 0.597 bits per heavy atom. The van der Waals surface area contributed by atoms with Gasteiger partial charge in [-0.05, 0) is 108 Å². The fourth-order valence-corrected chi connectivity index (χ4v) is 8.51. The summed E-state index contributed by atoms with van der Waals surface area (Å²) >= 11 is 3.30. The number of alkyl halides is 6. The lowest BCUT2D eigenvalue weighted by Gasteiger charge is -2.33. The molecule has 0 aliphatic carbocycles. The smallest absolute Gasteiger partial charge is 0.322 e. The van der Waals surface area contributed by atoms with Crippen LogP contribution in [0.5, 0.6) is 0 Å². The zero-order chi connectivity index (χ0) is 54.7. The third kappa shape index (κ3) is 14.9. The second-order valence-corrected chi connectivity index (χ2v) is 18.7. The first-order valence-electron chi connectivity index (χ1n) is 23.9. The zero-order valence-corrected chi connectivity index (χ0v) is 43.1. The van der Waals surface area contributed by atoms with E-state index < -0.39 is 35.3 Å². The fraction of sp³-hybridized carbons (Fsp3) is 0.259. The lowest BCUT2D eigenvalue weighted by molar-refractivity contribution is -0.139. The number of anilines is 2. The molecule has 77 heavy (non-hydrogen) atoms. The summed E-state index contributed by atoms with van der Waals surface area (Å²) in [6, 6.07) is 18.1. The number of aromatic nitrogens is 8. The first-order valence-corrected chi connectivity index (χ1v) is 24.7. The number of piperazine rings is 2. The summed E-state index contributed by atoms with van der Waals surface area (Å²) in [6.45, 7) is 6.50. The number of terminal acetylenes is 1. The molecule has 8 heterocycles. The van der Waals surface area contributed by atoms with Crippen molar-refractivity contribution in [1.29, 1.82) is 0 Å². The number of rotatable bonds is 8. The molecule has 8 aromatic rings. The highest BCUT2D eigenvalue weighted by molar-refractivity contribution is 9.10. The minimum Gasteiger partial charge on any atom is -0.322 e. The number of benzene rings is 2. The molecule has 2 aromatic carbocycles. The van der Waals surface area contributed by atoms with Gasteiger partial charge in [-0.15, -0.1) is 6.42 Å². The quantitative estimate of drug-likeness (QED) is 0.112. The van der Waals surface area contributed by atoms with Crippen LogP contribution in [0.15, 0.2) is 127 Å². The molecule has 396 valence electrons. The Morgan fingerprint density at radius 2 is 1.06 bits per heavy atom. The van der Waals surface area contributed by atoms with Gasteiger partial charge in [-0.3, -0.25) is 29.4 Å². The average molecular weight is 1120 g/mol. The molecule has 0 bridgehead atoms. The highest BCUT2D eigenvalue weighted by Gasteiger charge is 2.36. The number of nitrogens with one attached hydrogen (secondary N) is 2. The third-order valence-electron chi connectivity index (χ3n) is 12.3. The lowest BCUT2D eigenvalue weighted by atomic mass is 10.0. The molecule has 0 atom stereocenters. The summed E-state index contributed by atoms with van der Waals surface area (Å²) in [5.74, 6) is 7.08. The van der Waals surface area contributed by atoms with Crippen molar-refractivity contribution >= 4 is 50.4 Å². The number of likely N-dealkylation sites (N-methyl/N-ethyl adjacent to an activating group) is 2. The van der Waals surface area contributed by atoms with Crippen LogP contribution in [-0.2, 0) is 25.4 Å². The van der Waals surface area contributed by atoms with E-state index in [1.807, 2.05) is 36.0 Å². The second-order valence-electron chi connectivity index (χ2n) is 17.9. The highest BCUT2D eigenvalue weighted by Crippen LogP contribution is 2.36. The van der Waals surface area contributed by atoms with E-state index in [-0.39, 0.29) is 46.7 Å². The second kappa shape index (κ2) is 24.7. The summed E-state index contributed by atoms with van der Waals surface area (Å²) < 4.78 is 86.7. The summed E-state index contributed by atoms with van der Waals surface area (Å²) in [5.41, 5.74) is 2.28. The van der Waals surface area contributed by atoms with Gasteiger partial charge in [-0.1, -0.05) is 24.0 Å². The molecule has 2 aliphatic rings. The van der Waals surface area contributed by atoms with Crippen LogP contribution in [-0.4, -0.2) is 137 Å². The summed E-state index contributed by atoms with van der Waals surface area (Å²) in [6.07, 6.45) is 8.43. The highest BCUT2D eigenvalue weighted by atomic mass is 79.9. The number of halogens is 7. The Bertz CT molecular complexity index is 3480. The van der Waals surface area contributed by atoms with Gasteiger partial charge in [0.2, 0.25) is 0 Å². The minimum absolute atomic E-state index is 0.0535. The largest absolute Gasteiger partial charge is 0.416 e. The number of imidazole rings is 2. The predicted molar refractivity (Wildman–Crippen MR) is 280 cm³/mol. The molecule has 0 radical (unpaired) electrons. The molecule has 2 saturated heterocycles. The molecule has 6 aromatic heterocycles. The number of fused-ring (bicyclic) bond motifs is 2. The van der Waals surface area contributed by atoms with E-state index >= 15 is 0 Å². The number of hydrogen-bond acceptors (Lipinski definition) is 12. The van der Waals surface area contributed by atoms with Crippen molar-refractivity contribution < 1.29 is 35.9 Å². The number of amides is 2. The van der Waals surface area contributed by atoms with Crippen LogP contribution in [0.2, 0.25) is 0 Å². The Hall–Kier alpha value is -8.06. The first kappa shape index (κ1) is 55.2. The number of carbonyl (C=O) groups is 2. The van der Waals surface area contributed by atoms with Crippen LogP contribution in [0.1, 0.15) is 59.8 Å². The monoisotopic (exact) mass is 1120 g/mol. The van der Waals surface area contributed by atoms with Gasteiger partial charge in [0.15, 0.2) is 11.3 Å². The van der Waals surface area contributed by atoms with Gasteiger partial charge < -0.3 is 20.4 Å². The van der Waals surface area contributed by atoms with Gasteiger partial charge in [0, 0.05) is 125 Å². The Morgan fingerprint density at radius 3 is 1.56 bits per heavy atom. The molecular weight excluding hydrogens is 1070 g/mol. The van der Waals surface area contributed by atoms with Crippen molar-refractivity contribution in [2.24, 2.45) is 0 Å². The van der Waals surface area contributed by atoms with E-state index in [0.29, 0.717) is 48.6 Å². The molecule has 2 fully saturated rings. The van der Waals surface area contributed by atoms with Gasteiger partial charge in [0.05, 0.1) is 34.6 Å². The molecule has 0 saturated carbocycles. The molecule has 2 aliphatic heterocycles. The predicted octanol–water partition coefficient (Wildman–Crippen LogP) is 8.12. The molecule has 16 nitrogen and oxygen atoms in total. The minimum atomic E-state index is -4.55. The Balaban J connectivity index is 0.000000176. The molecule has 0 unspecified atom stereocenters. The van der Waals surface area contributed by atoms with Crippen molar-refractivity contribution in [1.82, 2.24) is 58.8 Å². The van der Waals surface area contributed by atoms with Crippen LogP contribution in [0.25, 0.3) is 11.3 Å². The van der Waals surface area contributed by atoms with Crippen LogP contribution in [0, 0.1) is 24.2 Å². The van der Waals surface area contributed by atoms with Gasteiger partial charge in [0.1, 0.15) is 10.3 Å². The van der Waals surface area contributed by atoms with Crippen molar-refractivity contribution in [2.45, 2.75) is 25.4 Å². The molecule has 23 heteroatoms. The number of carbonyl (C=O) groups excluding carboxylic acids is 2. The fourth-order valence-electron chi connectivity index (χ4n) is 8.14. The molecule has 10 rings (SSSR count). The van der Waals surface area contributed by atoms with Crippen molar-refractivity contribution in [3.63, 3.8) is 0 Å². The number of nitrogens with zero attached hydrogens (tertiary/aromatic N) is 12. The van der Waals surface area contributed by atoms with Crippen LogP contribution in [0.4, 0.5) is 37.7 Å². The summed E-state index contributed by atoms with van der Waals surface area (Å²) in [4.78, 5) is 49.7. The standard InChI is InChI=1S/C27H24F3N7O.C21H21F3N4O.C6H4BrN3/c1-35-9-11-36(12-10-35)18-20-5-6-22(14-24(20)27(28,29)30)34-26(38)21-13-19(15-31-16-21)4-7-23-17-32-25-3-2-8-33-37(23)25;1-3-15-10-17(13-25-12-15)20(29)26-18-5-4-16(19(11-18)21(22,23)24)14-28-8-6-27(2)7-9-28;7-5-4-8-6-2-1-3-9-10(5)6/h2-3,5-6,8,13-17H,9-12,18H2,1H3,(H,34,38);1,4-5,10-13H,6-9,14H2,2H3,(H,26,29);1-4H. The van der Waals surface area contributed by atoms with Gasteiger partial charge >= 0.3 is 12.4 Å². The Labute approximate surface area is 447 Å². The van der Waals surface area contributed by atoms with Crippen molar-refractivity contribution in [3.05, 3.63) is 177 Å².